The second-order valence-electron chi connectivity index (χ2n) is 6.91. The van der Waals surface area contributed by atoms with Crippen LogP contribution in [0.2, 0.25) is 0 Å². The zero-order valence-corrected chi connectivity index (χ0v) is 17.2. The van der Waals surface area contributed by atoms with E-state index in [1.165, 1.54) is 26.2 Å². The number of benzene rings is 1. The van der Waals surface area contributed by atoms with Crippen molar-refractivity contribution in [3.8, 4) is 5.75 Å². The van der Waals surface area contributed by atoms with Gasteiger partial charge in [-0.05, 0) is 31.0 Å². The van der Waals surface area contributed by atoms with Crippen LogP contribution in [0.15, 0.2) is 24.3 Å². The number of unbranched alkanes of at least 4 members (excludes halogenated alkanes) is 1. The number of hydrogen-bond acceptors (Lipinski definition) is 6. The molecule has 0 radical (unpaired) electrons. The van der Waals surface area contributed by atoms with E-state index in [2.05, 4.69) is 5.32 Å². The Bertz CT molecular complexity index is 816. The van der Waals surface area contributed by atoms with E-state index in [1.54, 1.807) is 12.1 Å². The van der Waals surface area contributed by atoms with E-state index in [-0.39, 0.29) is 50.3 Å². The molecule has 1 aromatic carbocycles. The summed E-state index contributed by atoms with van der Waals surface area (Å²) in [5.41, 5.74) is 1.80. The summed E-state index contributed by atoms with van der Waals surface area (Å²) in [6.07, 6.45) is 1.75. The zero-order valence-electron chi connectivity index (χ0n) is 16.4. The molecule has 0 aliphatic carbocycles. The minimum absolute atomic E-state index is 0.0215. The van der Waals surface area contributed by atoms with Crippen LogP contribution < -0.4 is 10.8 Å². The lowest BCUT2D eigenvalue weighted by molar-refractivity contribution is -0.129. The Morgan fingerprint density at radius 2 is 2.07 bits per heavy atom. The first-order valence-corrected chi connectivity index (χ1v) is 11.0. The summed E-state index contributed by atoms with van der Waals surface area (Å²) in [4.78, 5) is 23.6. The second kappa shape index (κ2) is 10.5. The molecule has 1 fully saturated rings. The van der Waals surface area contributed by atoms with E-state index >= 15 is 0 Å². The lowest BCUT2D eigenvalue weighted by Gasteiger charge is -2.27. The monoisotopic (exact) mass is 428 g/mol. The van der Waals surface area contributed by atoms with Crippen molar-refractivity contribution < 1.29 is 28.3 Å². The number of hydrogen-bond donors (Lipinski definition) is 4. The largest absolute Gasteiger partial charge is 0.508 e. The van der Waals surface area contributed by atoms with E-state index in [0.29, 0.717) is 18.4 Å². The van der Waals surface area contributed by atoms with E-state index < -0.39 is 16.1 Å². The highest BCUT2D eigenvalue weighted by molar-refractivity contribution is 7.86. The summed E-state index contributed by atoms with van der Waals surface area (Å²) in [5, 5.41) is 20.9. The van der Waals surface area contributed by atoms with Crippen LogP contribution in [0.25, 0.3) is 0 Å². The summed E-state index contributed by atoms with van der Waals surface area (Å²) in [5.74, 6) is -1.06. The summed E-state index contributed by atoms with van der Waals surface area (Å²) >= 11 is 0. The van der Waals surface area contributed by atoms with Gasteiger partial charge in [0.05, 0.1) is 0 Å². The smallest absolute Gasteiger partial charge is 0.282 e. The van der Waals surface area contributed by atoms with Crippen LogP contribution in [0.1, 0.15) is 43.0 Å². The van der Waals surface area contributed by atoms with Crippen molar-refractivity contribution in [3.63, 3.8) is 0 Å². The molecule has 2 amide bonds. The van der Waals surface area contributed by atoms with Crippen molar-refractivity contribution in [2.24, 2.45) is 0 Å². The molecule has 1 heterocycles. The Balaban J connectivity index is 2.00. The van der Waals surface area contributed by atoms with Gasteiger partial charge in [-0.1, -0.05) is 19.4 Å². The number of carbonyl (C=O) groups excluding carboxylic acids is 2. The van der Waals surface area contributed by atoms with Crippen molar-refractivity contribution in [1.82, 2.24) is 19.4 Å². The minimum atomic E-state index is -3.80. The van der Waals surface area contributed by atoms with Gasteiger partial charge in [0, 0.05) is 44.2 Å². The van der Waals surface area contributed by atoms with E-state index in [9.17, 15) is 23.1 Å². The predicted octanol–water partition coefficient (Wildman–Crippen LogP) is 0.439. The van der Waals surface area contributed by atoms with Crippen molar-refractivity contribution in [1.29, 1.82) is 0 Å². The van der Waals surface area contributed by atoms with Crippen LogP contribution >= 0.6 is 0 Å². The fourth-order valence-electron chi connectivity index (χ4n) is 3.09. The van der Waals surface area contributed by atoms with Gasteiger partial charge < -0.3 is 10.4 Å². The Labute approximate surface area is 170 Å². The number of carbonyl (C=O) groups is 2. The molecular formula is C18H28N4O6S. The normalized spacial score (nSPS) is 17.4. The second-order valence-corrected chi connectivity index (χ2v) is 8.84. The molecule has 29 heavy (non-hydrogen) atoms. The van der Waals surface area contributed by atoms with E-state index in [1.807, 2.05) is 6.92 Å². The van der Waals surface area contributed by atoms with Gasteiger partial charge in [-0.3, -0.25) is 14.8 Å². The average molecular weight is 429 g/mol. The Hall–Kier alpha value is -2.21. The number of phenolic OH excluding ortho intramolecular Hbond substituents is 1. The molecule has 0 bridgehead atoms. The molecule has 1 atom stereocenters. The quantitative estimate of drug-likeness (QED) is 0.315. The highest BCUT2D eigenvalue weighted by Gasteiger charge is 2.36. The maximum absolute atomic E-state index is 13.0. The van der Waals surface area contributed by atoms with Crippen LogP contribution in [0.3, 0.4) is 0 Å². The molecule has 1 aromatic rings. The van der Waals surface area contributed by atoms with Crippen LogP contribution in [-0.2, 0) is 15.0 Å². The number of phenols is 1. The highest BCUT2D eigenvalue weighted by Crippen LogP contribution is 2.19. The van der Waals surface area contributed by atoms with Gasteiger partial charge in [0.1, 0.15) is 5.75 Å². The van der Waals surface area contributed by atoms with E-state index in [4.69, 9.17) is 5.21 Å². The third kappa shape index (κ3) is 6.39. The molecule has 2 rings (SSSR count). The summed E-state index contributed by atoms with van der Waals surface area (Å²) in [6.45, 7) is 2.55. The average Bonchev–Trinajstić information content (AvgIpc) is 3.16. The molecular weight excluding hydrogens is 400 g/mol. The molecule has 162 valence electrons. The molecule has 0 spiro atoms. The summed E-state index contributed by atoms with van der Waals surface area (Å²) in [6, 6.07) is 5.58. The molecule has 1 aliphatic heterocycles. The standard InChI is InChI=1S/C18H28N4O6S/c1-2-3-9-21(11-8-17(24)20-26)29(27,28)22-10-7-15(13-22)19-18(25)14-5-4-6-16(23)12-14/h4-6,12,15,23,26H,2-3,7-11,13H2,1H3,(H,19,25)(H,20,24). The first-order chi connectivity index (χ1) is 13.8. The fourth-order valence-corrected chi connectivity index (χ4v) is 4.81. The molecule has 1 saturated heterocycles. The third-order valence-corrected chi connectivity index (χ3v) is 6.72. The van der Waals surface area contributed by atoms with Crippen molar-refractivity contribution >= 4 is 22.0 Å². The molecule has 10 nitrogen and oxygen atoms in total. The van der Waals surface area contributed by atoms with Crippen LogP contribution in [-0.4, -0.2) is 71.4 Å². The molecule has 0 aromatic heterocycles. The molecule has 0 saturated carbocycles. The van der Waals surface area contributed by atoms with Gasteiger partial charge in [-0.15, -0.1) is 0 Å². The van der Waals surface area contributed by atoms with E-state index in [0.717, 1.165) is 6.42 Å². The van der Waals surface area contributed by atoms with Crippen molar-refractivity contribution in [2.45, 2.75) is 38.6 Å². The Morgan fingerprint density at radius 3 is 2.72 bits per heavy atom. The van der Waals surface area contributed by atoms with Crippen LogP contribution in [0, 0.1) is 0 Å². The molecule has 1 unspecified atom stereocenters. The van der Waals surface area contributed by atoms with Crippen LogP contribution in [0.5, 0.6) is 5.75 Å². The van der Waals surface area contributed by atoms with Gasteiger partial charge in [0.25, 0.3) is 16.1 Å². The maximum Gasteiger partial charge on any atom is 0.282 e. The number of amides is 2. The SMILES string of the molecule is CCCCN(CCC(=O)NO)S(=O)(=O)N1CCC(NC(=O)c2cccc(O)c2)C1. The summed E-state index contributed by atoms with van der Waals surface area (Å²) < 4.78 is 28.5. The fraction of sp³-hybridized carbons (Fsp3) is 0.556. The van der Waals surface area contributed by atoms with Gasteiger partial charge >= 0.3 is 0 Å². The Morgan fingerprint density at radius 1 is 1.31 bits per heavy atom. The topological polar surface area (TPSA) is 139 Å². The third-order valence-electron chi connectivity index (χ3n) is 4.72. The lowest BCUT2D eigenvalue weighted by atomic mass is 10.2. The number of rotatable bonds is 10. The number of hydroxylamine groups is 1. The number of nitrogens with zero attached hydrogens (tertiary/aromatic N) is 2. The molecule has 1 aliphatic rings. The number of nitrogens with one attached hydrogen (secondary N) is 2. The van der Waals surface area contributed by atoms with Crippen molar-refractivity contribution in [3.05, 3.63) is 29.8 Å². The minimum Gasteiger partial charge on any atom is -0.508 e. The van der Waals surface area contributed by atoms with Gasteiger partial charge in [0.2, 0.25) is 5.91 Å². The Kier molecular flexibility index (Phi) is 8.38. The predicted molar refractivity (Wildman–Crippen MR) is 105 cm³/mol. The van der Waals surface area contributed by atoms with Crippen LogP contribution in [0.4, 0.5) is 0 Å². The number of aromatic hydroxyl groups is 1. The highest BCUT2D eigenvalue weighted by atomic mass is 32.2. The lowest BCUT2D eigenvalue weighted by Crippen LogP contribution is -2.46. The van der Waals surface area contributed by atoms with Crippen molar-refractivity contribution in [2.75, 3.05) is 26.2 Å². The zero-order chi connectivity index (χ0) is 21.4. The van der Waals surface area contributed by atoms with Gasteiger partial charge in [-0.2, -0.15) is 17.0 Å². The molecule has 4 N–H and O–H groups in total. The van der Waals surface area contributed by atoms with Gasteiger partial charge in [-0.25, -0.2) is 5.48 Å². The molecule has 11 heteroatoms. The first-order valence-electron chi connectivity index (χ1n) is 9.56. The summed E-state index contributed by atoms with van der Waals surface area (Å²) in [7, 11) is -3.80. The van der Waals surface area contributed by atoms with Gasteiger partial charge in [0.15, 0.2) is 0 Å². The first kappa shape index (κ1) is 23.1. The maximum atomic E-state index is 13.0.